The predicted octanol–water partition coefficient (Wildman–Crippen LogP) is 6.64. The molecule has 0 spiro atoms. The molecular weight excluding hydrogens is 324 g/mol. The van der Waals surface area contributed by atoms with Crippen molar-refractivity contribution in [1.82, 2.24) is 0 Å². The number of aryl methyl sites for hydroxylation is 3. The van der Waals surface area contributed by atoms with Crippen LogP contribution in [0.15, 0.2) is 72.8 Å². The summed E-state index contributed by atoms with van der Waals surface area (Å²) in [5.74, 6) is 0. The number of benzene rings is 3. The highest BCUT2D eigenvalue weighted by atomic mass is 35.6. The van der Waals surface area contributed by atoms with Crippen LogP contribution in [-0.2, 0) is 19.3 Å². The molecule has 3 aromatic carbocycles. The first-order chi connectivity index (χ1) is 12.2. The molecule has 0 radical (unpaired) electrons. The smallest absolute Gasteiger partial charge is 0.0613 e. The summed E-state index contributed by atoms with van der Waals surface area (Å²) in [4.78, 5) is 0. The molecule has 0 aromatic heterocycles. The first-order valence-electron chi connectivity index (χ1n) is 9.21. The lowest BCUT2D eigenvalue weighted by Crippen LogP contribution is -2.03. The molecule has 3 rings (SSSR count). The molecule has 0 saturated heterocycles. The molecule has 25 heavy (non-hydrogen) atoms. The summed E-state index contributed by atoms with van der Waals surface area (Å²) >= 11 is 0. The molecule has 0 nitrogen and oxygen atoms in total. The summed E-state index contributed by atoms with van der Waals surface area (Å²) in [6, 6.07) is 27.3. The van der Waals surface area contributed by atoms with Crippen molar-refractivity contribution in [3.8, 4) is 0 Å². The first kappa shape index (κ1) is 17.8. The van der Waals surface area contributed by atoms with Gasteiger partial charge in [-0.2, -0.15) is 0 Å². The Labute approximate surface area is 154 Å². The van der Waals surface area contributed by atoms with Crippen LogP contribution in [-0.4, -0.2) is 0 Å². The third kappa shape index (κ3) is 4.14. The van der Waals surface area contributed by atoms with Gasteiger partial charge in [0.25, 0.3) is 0 Å². The molecule has 0 N–H and O–H groups in total. The second-order valence-electron chi connectivity index (χ2n) is 6.22. The van der Waals surface area contributed by atoms with Crippen LogP contribution in [0.2, 0.25) is 15.1 Å². The maximum Gasteiger partial charge on any atom is 0.339 e. The third-order valence-electron chi connectivity index (χ3n) is 4.62. The molecule has 0 heterocycles. The summed E-state index contributed by atoms with van der Waals surface area (Å²) in [6.45, 7) is 6.62. The van der Waals surface area contributed by atoms with E-state index in [4.69, 9.17) is 0 Å². The van der Waals surface area contributed by atoms with Crippen LogP contribution >= 0.6 is 0 Å². The van der Waals surface area contributed by atoms with Gasteiger partial charge in [0.2, 0.25) is 0 Å². The molecule has 0 saturated carbocycles. The molecule has 3 aromatic rings. The Bertz CT molecular complexity index is 670. The van der Waals surface area contributed by atoms with Gasteiger partial charge in [-0.05, 0) is 72.4 Å². The lowest BCUT2D eigenvalue weighted by Gasteiger charge is -2.02. The number of halogens is 1. The minimum Gasteiger partial charge on any atom is -0.0613 e. The van der Waals surface area contributed by atoms with E-state index in [1.54, 1.807) is 0 Å². The van der Waals surface area contributed by atoms with Crippen molar-refractivity contribution in [3.63, 3.8) is 0 Å². The highest BCUT2D eigenvalue weighted by molar-refractivity contribution is 5.28. The zero-order valence-electron chi connectivity index (χ0n) is 15.4. The molecule has 0 fully saturated rings. The monoisotopic (exact) mass is 350 g/mol. The highest BCUT2D eigenvalue weighted by Crippen LogP contribution is 2.34. The Morgan fingerprint density at radius 3 is 0.880 bits per heavy atom. The largest absolute Gasteiger partial charge is 0.339 e. The highest BCUT2D eigenvalue weighted by Gasteiger charge is 2.38. The summed E-state index contributed by atoms with van der Waals surface area (Å²) in [7, 11) is 0.407. The predicted molar refractivity (Wildman–Crippen MR) is 105 cm³/mol. The summed E-state index contributed by atoms with van der Waals surface area (Å²) in [5.41, 5.74) is 4.18. The van der Waals surface area contributed by atoms with Gasteiger partial charge >= 0.3 is 15.1 Å². The zero-order chi connectivity index (χ0) is 17.6. The minimum atomic E-state index is 0.407. The van der Waals surface area contributed by atoms with E-state index >= 15 is 0 Å². The second kappa shape index (κ2) is 8.36. The van der Waals surface area contributed by atoms with E-state index in [9.17, 15) is 0 Å². The summed E-state index contributed by atoms with van der Waals surface area (Å²) < 4.78 is 0. The molecule has 0 amide bonds. The van der Waals surface area contributed by atoms with Crippen LogP contribution < -0.4 is 0 Å². The second-order valence-corrected chi connectivity index (χ2v) is 8.10. The van der Waals surface area contributed by atoms with Crippen molar-refractivity contribution in [2.75, 3.05) is 0 Å². The zero-order valence-corrected chi connectivity index (χ0v) is 16.2. The normalized spacial score (nSPS) is 11.0. The van der Waals surface area contributed by atoms with Crippen molar-refractivity contribution in [1.29, 1.82) is 0 Å². The maximum absolute atomic E-state index is 2.29. The fourth-order valence-corrected chi connectivity index (χ4v) is 4.81. The maximum atomic E-state index is 2.29. The Hall–Kier alpha value is -2.05. The molecule has 0 atom stereocenters. The van der Waals surface area contributed by atoms with Crippen LogP contribution in [0.5, 0.6) is 0 Å². The molecule has 1 heteroatoms. The van der Waals surface area contributed by atoms with Crippen molar-refractivity contribution in [2.24, 2.45) is 0 Å². The van der Waals surface area contributed by atoms with E-state index in [2.05, 4.69) is 93.6 Å². The van der Waals surface area contributed by atoms with E-state index in [1.807, 2.05) is 0 Å². The lowest BCUT2D eigenvalue weighted by atomic mass is 10.2. The van der Waals surface area contributed by atoms with E-state index < -0.39 is 0 Å². The van der Waals surface area contributed by atoms with E-state index in [0.717, 1.165) is 19.3 Å². The molecular formula is C24H27Cl+2. The summed E-state index contributed by atoms with van der Waals surface area (Å²) in [5, 5.41) is 4.07. The van der Waals surface area contributed by atoms with Gasteiger partial charge in [-0.25, -0.2) is 0 Å². The first-order valence-corrected chi connectivity index (χ1v) is 10.3. The quantitative estimate of drug-likeness (QED) is 0.467. The van der Waals surface area contributed by atoms with Crippen molar-refractivity contribution in [2.45, 2.75) is 40.0 Å². The van der Waals surface area contributed by atoms with Crippen LogP contribution in [0, 0.1) is 9.99 Å². The minimum absolute atomic E-state index is 0.407. The Morgan fingerprint density at radius 2 is 0.680 bits per heavy atom. The summed E-state index contributed by atoms with van der Waals surface area (Å²) in [6.07, 6.45) is 3.25. The van der Waals surface area contributed by atoms with Crippen molar-refractivity contribution < 1.29 is 9.99 Å². The van der Waals surface area contributed by atoms with Gasteiger partial charge in [0.05, 0.1) is 36.4 Å². The number of hydrogen-bond acceptors (Lipinski definition) is 0. The van der Waals surface area contributed by atoms with Gasteiger partial charge in [0.15, 0.2) is 0 Å². The Kier molecular flexibility index (Phi) is 5.94. The van der Waals surface area contributed by atoms with Gasteiger partial charge in [0, 0.05) is 0 Å². The standard InChI is InChI=1S/C24H27Cl/c1-4-19-7-13-22(14-8-19)25(23-15-9-20(5-2)10-16-23)24-17-11-21(6-3)12-18-24/h7-18H,4-6H2,1-3H3/q+2. The van der Waals surface area contributed by atoms with Gasteiger partial charge < -0.3 is 0 Å². The third-order valence-corrected chi connectivity index (χ3v) is 6.68. The van der Waals surface area contributed by atoms with Gasteiger partial charge in [-0.15, -0.1) is 0 Å². The van der Waals surface area contributed by atoms with Crippen molar-refractivity contribution in [3.05, 3.63) is 105 Å². The van der Waals surface area contributed by atoms with Gasteiger partial charge in [0.1, 0.15) is 9.99 Å². The van der Waals surface area contributed by atoms with Gasteiger partial charge in [-0.1, -0.05) is 20.8 Å². The van der Waals surface area contributed by atoms with Crippen LogP contribution in [0.4, 0.5) is 0 Å². The molecule has 0 bridgehead atoms. The average Bonchev–Trinajstić information content (AvgIpc) is 2.70. The van der Waals surface area contributed by atoms with Crippen LogP contribution in [0.3, 0.4) is 0 Å². The molecule has 0 aliphatic heterocycles. The van der Waals surface area contributed by atoms with E-state index in [0.29, 0.717) is 9.99 Å². The average molecular weight is 351 g/mol. The number of hydrogen-bond donors (Lipinski definition) is 0. The van der Waals surface area contributed by atoms with Crippen LogP contribution in [0.25, 0.3) is 0 Å². The number of rotatable bonds is 6. The Morgan fingerprint density at radius 1 is 0.440 bits per heavy atom. The molecule has 0 aliphatic carbocycles. The Balaban J connectivity index is 2.04. The molecule has 0 aliphatic rings. The fraction of sp³-hybridized carbons (Fsp3) is 0.250. The van der Waals surface area contributed by atoms with Gasteiger partial charge in [-0.3, -0.25) is 0 Å². The SMILES string of the molecule is CCc1ccc([Cl+2](c2ccc(CC)cc2)c2ccc(CC)cc2)cc1. The van der Waals surface area contributed by atoms with Crippen molar-refractivity contribution >= 4 is 0 Å². The molecule has 0 unspecified atom stereocenters. The molecule has 128 valence electrons. The van der Waals surface area contributed by atoms with E-state index in [-0.39, 0.29) is 0 Å². The van der Waals surface area contributed by atoms with Crippen LogP contribution in [0.1, 0.15) is 37.5 Å². The lowest BCUT2D eigenvalue weighted by molar-refractivity contribution is -0.753. The topological polar surface area (TPSA) is 0 Å². The fourth-order valence-electron chi connectivity index (χ4n) is 2.92. The van der Waals surface area contributed by atoms with E-state index in [1.165, 1.54) is 31.8 Å².